The summed E-state index contributed by atoms with van der Waals surface area (Å²) in [5.74, 6) is 2.67. The number of nitrogens with zero attached hydrogens (tertiary/aromatic N) is 1. The van der Waals surface area contributed by atoms with E-state index in [1.54, 1.807) is 11.0 Å². The summed E-state index contributed by atoms with van der Waals surface area (Å²) >= 11 is 0. The molecule has 4 heteroatoms. The van der Waals surface area contributed by atoms with Gasteiger partial charge in [0.2, 0.25) is 0 Å². The third kappa shape index (κ3) is 2.35. The van der Waals surface area contributed by atoms with Crippen molar-refractivity contribution in [2.45, 2.75) is 18.9 Å². The molecule has 112 valence electrons. The molecule has 0 unspecified atom stereocenters. The van der Waals surface area contributed by atoms with E-state index in [1.807, 2.05) is 18.2 Å². The van der Waals surface area contributed by atoms with Crippen LogP contribution < -0.4 is 0 Å². The van der Waals surface area contributed by atoms with Crippen LogP contribution in [0, 0.1) is 12.3 Å². The molecular weight excluding hydrogens is 276 g/mol. The highest BCUT2D eigenvalue weighted by Crippen LogP contribution is 2.36. The molecule has 0 saturated heterocycles. The predicted octanol–water partition coefficient (Wildman–Crippen LogP) is 3.41. The normalized spacial score (nSPS) is 16.9. The molecule has 2 aromatic rings. The van der Waals surface area contributed by atoms with Crippen molar-refractivity contribution < 1.29 is 9.53 Å². The molecule has 1 amide bonds. The van der Waals surface area contributed by atoms with Crippen molar-refractivity contribution in [3.8, 4) is 12.3 Å². The third-order valence-electron chi connectivity index (χ3n) is 4.03. The van der Waals surface area contributed by atoms with E-state index >= 15 is 0 Å². The fourth-order valence-electron chi connectivity index (χ4n) is 3.07. The Morgan fingerprint density at radius 2 is 2.36 bits per heavy atom. The van der Waals surface area contributed by atoms with Gasteiger partial charge >= 0.3 is 6.09 Å². The molecule has 3 rings (SSSR count). The summed E-state index contributed by atoms with van der Waals surface area (Å²) in [4.78, 5) is 17.4. The van der Waals surface area contributed by atoms with Crippen LogP contribution in [0.5, 0.6) is 0 Å². The number of rotatable bonds is 3. The second-order valence-electron chi connectivity index (χ2n) is 5.30. The van der Waals surface area contributed by atoms with Crippen LogP contribution in [-0.4, -0.2) is 29.1 Å². The van der Waals surface area contributed by atoms with Crippen LogP contribution in [0.15, 0.2) is 36.9 Å². The number of carbonyl (C=O) groups excluding carboxylic acids is 1. The number of para-hydroxylation sites is 1. The molecule has 1 aromatic carbocycles. The smallest absolute Gasteiger partial charge is 0.410 e. The summed E-state index contributed by atoms with van der Waals surface area (Å²) in [6.07, 6.45) is 7.99. The van der Waals surface area contributed by atoms with Gasteiger partial charge in [-0.05, 0) is 18.1 Å². The fourth-order valence-corrected chi connectivity index (χ4v) is 3.07. The largest absolute Gasteiger partial charge is 0.445 e. The van der Waals surface area contributed by atoms with E-state index in [0.717, 1.165) is 17.6 Å². The first kappa shape index (κ1) is 14.3. The molecule has 4 nitrogen and oxygen atoms in total. The topological polar surface area (TPSA) is 45.3 Å². The van der Waals surface area contributed by atoms with E-state index in [9.17, 15) is 4.79 Å². The van der Waals surface area contributed by atoms with E-state index in [4.69, 9.17) is 11.2 Å². The van der Waals surface area contributed by atoms with E-state index in [2.05, 4.69) is 23.5 Å². The van der Waals surface area contributed by atoms with Crippen LogP contribution in [0.2, 0.25) is 0 Å². The predicted molar refractivity (Wildman–Crippen MR) is 86.4 cm³/mol. The van der Waals surface area contributed by atoms with Crippen LogP contribution in [0.25, 0.3) is 10.9 Å². The highest BCUT2D eigenvalue weighted by molar-refractivity contribution is 5.85. The lowest BCUT2D eigenvalue weighted by Gasteiger charge is -2.34. The standard InChI is InChI=1S/C18H18N2O2/c1-3-7-16-17-14(13-8-5-6-9-15(13)19-17)10-11-20(16)18(21)22-12-4-2/h1,4-6,8-9,16,19H,2,7,10-12H2/t16-/m0/s1. The van der Waals surface area contributed by atoms with Crippen molar-refractivity contribution in [3.05, 3.63) is 48.2 Å². The Morgan fingerprint density at radius 3 is 3.14 bits per heavy atom. The Kier molecular flexibility index (Phi) is 3.88. The van der Waals surface area contributed by atoms with E-state index in [-0.39, 0.29) is 18.7 Å². The average Bonchev–Trinajstić information content (AvgIpc) is 2.92. The number of H-pyrrole nitrogens is 1. The molecule has 0 radical (unpaired) electrons. The lowest BCUT2D eigenvalue weighted by atomic mass is 9.96. The van der Waals surface area contributed by atoms with Gasteiger partial charge in [0.05, 0.1) is 6.04 Å². The molecule has 0 fully saturated rings. The number of nitrogens with one attached hydrogen (secondary N) is 1. The highest BCUT2D eigenvalue weighted by Gasteiger charge is 2.33. The summed E-state index contributed by atoms with van der Waals surface area (Å²) < 4.78 is 5.18. The average molecular weight is 294 g/mol. The summed E-state index contributed by atoms with van der Waals surface area (Å²) in [6.45, 7) is 4.38. The third-order valence-corrected chi connectivity index (χ3v) is 4.03. The first-order valence-electron chi connectivity index (χ1n) is 7.33. The number of terminal acetylenes is 1. The Hall–Kier alpha value is -2.67. The van der Waals surface area contributed by atoms with Crippen molar-refractivity contribution in [2.24, 2.45) is 0 Å². The molecule has 1 atom stereocenters. The minimum atomic E-state index is -0.343. The van der Waals surface area contributed by atoms with Gasteiger partial charge in [0.1, 0.15) is 6.61 Å². The summed E-state index contributed by atoms with van der Waals surface area (Å²) in [5, 5.41) is 1.21. The van der Waals surface area contributed by atoms with Crippen molar-refractivity contribution in [3.63, 3.8) is 0 Å². The summed E-state index contributed by atoms with van der Waals surface area (Å²) in [7, 11) is 0. The van der Waals surface area contributed by atoms with Crippen LogP contribution in [0.3, 0.4) is 0 Å². The van der Waals surface area contributed by atoms with E-state index in [1.165, 1.54) is 10.9 Å². The van der Waals surface area contributed by atoms with Gasteiger partial charge < -0.3 is 9.72 Å². The Labute approximate surface area is 129 Å². The minimum absolute atomic E-state index is 0.168. The van der Waals surface area contributed by atoms with Gasteiger partial charge in [0.25, 0.3) is 0 Å². The number of carbonyl (C=O) groups is 1. The number of fused-ring (bicyclic) bond motifs is 3. The fraction of sp³-hybridized carbons (Fsp3) is 0.278. The molecule has 2 heterocycles. The Morgan fingerprint density at radius 1 is 1.55 bits per heavy atom. The van der Waals surface area contributed by atoms with Gasteiger partial charge in [-0.1, -0.05) is 30.9 Å². The monoisotopic (exact) mass is 294 g/mol. The van der Waals surface area contributed by atoms with Crippen molar-refractivity contribution >= 4 is 17.0 Å². The van der Waals surface area contributed by atoms with Gasteiger partial charge in [-0.15, -0.1) is 12.3 Å². The minimum Gasteiger partial charge on any atom is -0.445 e. The molecule has 0 aliphatic carbocycles. The first-order valence-corrected chi connectivity index (χ1v) is 7.33. The molecular formula is C18H18N2O2. The molecule has 1 aliphatic heterocycles. The molecule has 1 N–H and O–H groups in total. The second kappa shape index (κ2) is 5.98. The maximum Gasteiger partial charge on any atom is 0.410 e. The van der Waals surface area contributed by atoms with Gasteiger partial charge in [-0.3, -0.25) is 4.90 Å². The number of hydrogen-bond donors (Lipinski definition) is 1. The zero-order valence-electron chi connectivity index (χ0n) is 12.3. The Bertz CT molecular complexity index is 754. The van der Waals surface area contributed by atoms with Crippen LogP contribution in [0.1, 0.15) is 23.7 Å². The summed E-state index contributed by atoms with van der Waals surface area (Å²) in [5.41, 5.74) is 3.36. The molecule has 0 saturated carbocycles. The molecule has 0 spiro atoms. The van der Waals surface area contributed by atoms with Gasteiger partial charge in [0, 0.05) is 29.6 Å². The lowest BCUT2D eigenvalue weighted by Crippen LogP contribution is -2.40. The second-order valence-corrected chi connectivity index (χ2v) is 5.30. The molecule has 1 aromatic heterocycles. The SMILES string of the molecule is C#CC[C@H]1c2[nH]c3ccccc3c2CCN1C(=O)OCC=C. The van der Waals surface area contributed by atoms with Crippen molar-refractivity contribution in [2.75, 3.05) is 13.2 Å². The number of aromatic nitrogens is 1. The van der Waals surface area contributed by atoms with Crippen molar-refractivity contribution in [1.82, 2.24) is 9.88 Å². The quantitative estimate of drug-likeness (QED) is 0.696. The molecule has 0 bridgehead atoms. The number of ether oxygens (including phenoxy) is 1. The highest BCUT2D eigenvalue weighted by atomic mass is 16.6. The Balaban J connectivity index is 1.99. The number of amides is 1. The first-order chi connectivity index (χ1) is 10.8. The van der Waals surface area contributed by atoms with Gasteiger partial charge in [-0.2, -0.15) is 0 Å². The zero-order valence-corrected chi connectivity index (χ0v) is 12.3. The van der Waals surface area contributed by atoms with Crippen molar-refractivity contribution in [1.29, 1.82) is 0 Å². The van der Waals surface area contributed by atoms with Crippen LogP contribution in [-0.2, 0) is 11.2 Å². The van der Waals surface area contributed by atoms with Crippen LogP contribution >= 0.6 is 0 Å². The number of aromatic amines is 1. The van der Waals surface area contributed by atoms with E-state index < -0.39 is 0 Å². The van der Waals surface area contributed by atoms with Crippen LogP contribution in [0.4, 0.5) is 4.79 Å². The zero-order chi connectivity index (χ0) is 15.5. The van der Waals surface area contributed by atoms with Gasteiger partial charge in [0.15, 0.2) is 0 Å². The maximum atomic E-state index is 12.2. The maximum absolute atomic E-state index is 12.2. The van der Waals surface area contributed by atoms with E-state index in [0.29, 0.717) is 13.0 Å². The molecule has 22 heavy (non-hydrogen) atoms. The molecule has 1 aliphatic rings. The van der Waals surface area contributed by atoms with Gasteiger partial charge in [-0.25, -0.2) is 4.79 Å². The summed E-state index contributed by atoms with van der Waals surface area (Å²) in [6, 6.07) is 8.00. The number of benzene rings is 1. The number of hydrogen-bond acceptors (Lipinski definition) is 2. The lowest BCUT2D eigenvalue weighted by molar-refractivity contribution is 0.0912.